The molecule has 0 bridgehead atoms. The first-order chi connectivity index (χ1) is 10.0. The fraction of sp³-hybridized carbons (Fsp3) is 0.533. The van der Waals surface area contributed by atoms with Crippen LogP contribution in [0.25, 0.3) is 0 Å². The second-order valence-corrected chi connectivity index (χ2v) is 5.58. The number of carbonyl (C=O) groups is 1. The van der Waals surface area contributed by atoms with Crippen molar-refractivity contribution in [2.24, 2.45) is 5.73 Å². The largest absolute Gasteiger partial charge is 0.496 e. The van der Waals surface area contributed by atoms with Gasteiger partial charge in [0.25, 0.3) is 0 Å². The van der Waals surface area contributed by atoms with Crippen molar-refractivity contribution in [3.8, 4) is 5.75 Å². The molecule has 0 aliphatic carbocycles. The van der Waals surface area contributed by atoms with Gasteiger partial charge in [0.2, 0.25) is 5.91 Å². The van der Waals surface area contributed by atoms with Crippen LogP contribution in [0.5, 0.6) is 5.75 Å². The summed E-state index contributed by atoms with van der Waals surface area (Å²) >= 11 is 1.63. The molecule has 0 spiro atoms. The van der Waals surface area contributed by atoms with Gasteiger partial charge in [-0.25, -0.2) is 0 Å². The summed E-state index contributed by atoms with van der Waals surface area (Å²) in [5.41, 5.74) is 6.57. The van der Waals surface area contributed by atoms with Gasteiger partial charge in [-0.15, -0.1) is 24.2 Å². The lowest BCUT2D eigenvalue weighted by molar-refractivity contribution is -0.132. The van der Waals surface area contributed by atoms with E-state index in [0.717, 1.165) is 16.2 Å². The second kappa shape index (κ2) is 10.7. The molecule has 1 rings (SSSR count). The Hall–Kier alpha value is -0.950. The van der Waals surface area contributed by atoms with Crippen molar-refractivity contribution in [3.63, 3.8) is 0 Å². The van der Waals surface area contributed by atoms with E-state index in [1.807, 2.05) is 24.5 Å². The van der Waals surface area contributed by atoms with Crippen LogP contribution in [-0.2, 0) is 16.1 Å². The first-order valence-electron chi connectivity index (χ1n) is 6.73. The average molecular weight is 349 g/mol. The lowest BCUT2D eigenvalue weighted by atomic mass is 10.2. The second-order valence-electron chi connectivity index (χ2n) is 4.74. The molecule has 1 aromatic rings. The van der Waals surface area contributed by atoms with Crippen LogP contribution >= 0.6 is 24.2 Å². The van der Waals surface area contributed by atoms with Gasteiger partial charge in [0.15, 0.2) is 0 Å². The number of thioether (sulfide) groups is 1. The maximum absolute atomic E-state index is 12.1. The molecule has 0 saturated carbocycles. The third-order valence-electron chi connectivity index (χ3n) is 3.29. The third-order valence-corrected chi connectivity index (χ3v) is 4.07. The van der Waals surface area contributed by atoms with E-state index in [2.05, 4.69) is 0 Å². The van der Waals surface area contributed by atoms with E-state index in [0.29, 0.717) is 19.5 Å². The molecule has 0 heterocycles. The zero-order valence-electron chi connectivity index (χ0n) is 13.5. The number of hydrogen-bond acceptors (Lipinski definition) is 5. The van der Waals surface area contributed by atoms with Crippen LogP contribution in [0.2, 0.25) is 0 Å². The molecular weight excluding hydrogens is 324 g/mol. The quantitative estimate of drug-likeness (QED) is 0.729. The van der Waals surface area contributed by atoms with Gasteiger partial charge in [0.05, 0.1) is 19.6 Å². The molecule has 0 fully saturated rings. The molecule has 0 aromatic heterocycles. The first kappa shape index (κ1) is 21.0. The van der Waals surface area contributed by atoms with Crippen LogP contribution in [0, 0.1) is 0 Å². The summed E-state index contributed by atoms with van der Waals surface area (Å²) in [5, 5.41) is 0. The summed E-state index contributed by atoms with van der Waals surface area (Å²) in [7, 11) is 5.00. The minimum Gasteiger partial charge on any atom is -0.496 e. The number of rotatable bonds is 8. The topological polar surface area (TPSA) is 64.8 Å². The molecule has 1 atom stereocenters. The third kappa shape index (κ3) is 6.04. The van der Waals surface area contributed by atoms with Gasteiger partial charge in [-0.2, -0.15) is 0 Å². The summed E-state index contributed by atoms with van der Waals surface area (Å²) in [5.74, 6) is 0.845. The molecule has 126 valence electrons. The molecule has 1 amide bonds. The molecule has 1 aromatic carbocycles. The molecule has 0 aliphatic heterocycles. The normalized spacial score (nSPS) is 11.5. The van der Waals surface area contributed by atoms with Gasteiger partial charge in [-0.05, 0) is 24.0 Å². The summed E-state index contributed by atoms with van der Waals surface area (Å²) in [6.45, 7) is 0.872. The number of nitrogens with zero attached hydrogens (tertiary/aromatic N) is 1. The smallest absolute Gasteiger partial charge is 0.225 e. The van der Waals surface area contributed by atoms with Crippen LogP contribution in [0.15, 0.2) is 23.1 Å². The SMILES string of the molecule is COc1cc(CN(C)C(=O)CC(CN)OC)ccc1SC.Cl. The van der Waals surface area contributed by atoms with Crippen LogP contribution in [0.3, 0.4) is 0 Å². The van der Waals surface area contributed by atoms with Crippen LogP contribution in [-0.4, -0.2) is 51.0 Å². The van der Waals surface area contributed by atoms with Crippen molar-refractivity contribution in [1.82, 2.24) is 4.90 Å². The summed E-state index contributed by atoms with van der Waals surface area (Å²) in [4.78, 5) is 14.9. The van der Waals surface area contributed by atoms with E-state index in [-0.39, 0.29) is 24.4 Å². The van der Waals surface area contributed by atoms with E-state index < -0.39 is 0 Å². The van der Waals surface area contributed by atoms with Crippen molar-refractivity contribution in [2.75, 3.05) is 34.1 Å². The highest BCUT2D eigenvalue weighted by Gasteiger charge is 2.16. The molecule has 22 heavy (non-hydrogen) atoms. The number of hydrogen-bond donors (Lipinski definition) is 1. The van der Waals surface area contributed by atoms with Crippen LogP contribution in [0.4, 0.5) is 0 Å². The zero-order valence-corrected chi connectivity index (χ0v) is 15.1. The van der Waals surface area contributed by atoms with Crippen molar-refractivity contribution in [3.05, 3.63) is 23.8 Å². The number of ether oxygens (including phenoxy) is 2. The Morgan fingerprint density at radius 3 is 2.59 bits per heavy atom. The molecule has 2 N–H and O–H groups in total. The van der Waals surface area contributed by atoms with Gasteiger partial charge in [0, 0.05) is 32.1 Å². The monoisotopic (exact) mass is 348 g/mol. The van der Waals surface area contributed by atoms with Crippen LogP contribution in [0.1, 0.15) is 12.0 Å². The Balaban J connectivity index is 0.00000441. The Morgan fingerprint density at radius 1 is 1.41 bits per heavy atom. The zero-order chi connectivity index (χ0) is 15.8. The maximum Gasteiger partial charge on any atom is 0.225 e. The van der Waals surface area contributed by atoms with Gasteiger partial charge in [-0.3, -0.25) is 4.79 Å². The van der Waals surface area contributed by atoms with E-state index in [1.165, 1.54) is 0 Å². The Labute approximate surface area is 142 Å². The summed E-state index contributed by atoms with van der Waals surface area (Å²) in [6.07, 6.45) is 2.07. The molecule has 1 unspecified atom stereocenters. The van der Waals surface area contributed by atoms with Gasteiger partial charge < -0.3 is 20.1 Å². The highest BCUT2D eigenvalue weighted by Crippen LogP contribution is 2.28. The van der Waals surface area contributed by atoms with Crippen LogP contribution < -0.4 is 10.5 Å². The summed E-state index contributed by atoms with van der Waals surface area (Å²) < 4.78 is 10.5. The number of benzene rings is 1. The molecule has 0 aliphatic rings. The number of carbonyl (C=O) groups excluding carboxylic acids is 1. The summed E-state index contributed by atoms with van der Waals surface area (Å²) in [6, 6.07) is 5.98. The van der Waals surface area contributed by atoms with Crippen molar-refractivity contribution < 1.29 is 14.3 Å². The fourth-order valence-corrected chi connectivity index (χ4v) is 2.50. The number of amides is 1. The fourth-order valence-electron chi connectivity index (χ4n) is 1.95. The lowest BCUT2D eigenvalue weighted by Gasteiger charge is -2.20. The highest BCUT2D eigenvalue weighted by molar-refractivity contribution is 7.98. The van der Waals surface area contributed by atoms with E-state index in [4.69, 9.17) is 15.2 Å². The molecule has 0 saturated heterocycles. The molecule has 7 heteroatoms. The molecule has 0 radical (unpaired) electrons. The highest BCUT2D eigenvalue weighted by atomic mass is 35.5. The van der Waals surface area contributed by atoms with Gasteiger partial charge in [-0.1, -0.05) is 6.07 Å². The predicted octanol–water partition coefficient (Wildman–Crippen LogP) is 2.16. The minimum absolute atomic E-state index is 0. The van der Waals surface area contributed by atoms with Gasteiger partial charge >= 0.3 is 0 Å². The maximum atomic E-state index is 12.1. The number of methoxy groups -OCH3 is 2. The predicted molar refractivity (Wildman–Crippen MR) is 93.0 cm³/mol. The Morgan fingerprint density at radius 2 is 2.09 bits per heavy atom. The average Bonchev–Trinajstić information content (AvgIpc) is 2.51. The van der Waals surface area contributed by atoms with Crippen molar-refractivity contribution in [1.29, 1.82) is 0 Å². The number of nitrogens with two attached hydrogens (primary N) is 1. The van der Waals surface area contributed by atoms with E-state index in [9.17, 15) is 4.79 Å². The van der Waals surface area contributed by atoms with Crippen molar-refractivity contribution in [2.45, 2.75) is 24.0 Å². The first-order valence-corrected chi connectivity index (χ1v) is 7.95. The van der Waals surface area contributed by atoms with Gasteiger partial charge in [0.1, 0.15) is 5.75 Å². The minimum atomic E-state index is -0.228. The lowest BCUT2D eigenvalue weighted by Crippen LogP contribution is -2.33. The van der Waals surface area contributed by atoms with E-state index >= 15 is 0 Å². The van der Waals surface area contributed by atoms with Crippen molar-refractivity contribution >= 4 is 30.1 Å². The molecular formula is C15H25ClN2O3S. The Bertz CT molecular complexity index is 470. The Kier molecular flexibility index (Phi) is 10.3. The molecule has 5 nitrogen and oxygen atoms in total. The van der Waals surface area contributed by atoms with E-state index in [1.54, 1.807) is 37.9 Å². The number of halogens is 1. The standard InChI is InChI=1S/C15H24N2O3S.ClH/c1-17(15(18)8-12(9-16)19-2)10-11-5-6-14(21-4)13(7-11)20-3;/h5-7,12H,8-10,16H2,1-4H3;1H.